The first-order valence-electron chi connectivity index (χ1n) is 7.61. The Balaban J connectivity index is 3.01. The molecule has 3 heteroatoms. The van der Waals surface area contributed by atoms with E-state index in [2.05, 4.69) is 12.2 Å². The van der Waals surface area contributed by atoms with E-state index in [1.807, 2.05) is 0 Å². The highest BCUT2D eigenvalue weighted by Crippen LogP contribution is 2.10. The predicted molar refractivity (Wildman–Crippen MR) is 76.7 cm³/mol. The fourth-order valence-electron chi connectivity index (χ4n) is 1.97. The molecule has 0 amide bonds. The number of likely N-dealkylation sites (N-methyl/N-ethyl adjacent to an activating group) is 1. The molecule has 0 saturated carbocycles. The number of ether oxygens (including phenoxy) is 1. The van der Waals surface area contributed by atoms with Crippen LogP contribution in [-0.4, -0.2) is 26.2 Å². The van der Waals surface area contributed by atoms with Crippen LogP contribution >= 0.6 is 0 Å². The maximum atomic E-state index is 11.0. The van der Waals surface area contributed by atoms with E-state index in [9.17, 15) is 4.79 Å². The van der Waals surface area contributed by atoms with Gasteiger partial charge in [-0.15, -0.1) is 0 Å². The van der Waals surface area contributed by atoms with Crippen molar-refractivity contribution in [1.29, 1.82) is 0 Å². The highest BCUT2D eigenvalue weighted by molar-refractivity contribution is 5.71. The first-order valence-corrected chi connectivity index (χ1v) is 7.61. The molecule has 3 nitrogen and oxygen atoms in total. The summed E-state index contributed by atoms with van der Waals surface area (Å²) in [4.78, 5) is 11.0. The molecule has 0 radical (unpaired) electrons. The van der Waals surface area contributed by atoms with Crippen molar-refractivity contribution in [3.8, 4) is 0 Å². The molecule has 0 aliphatic heterocycles. The Bertz CT molecular complexity index is 183. The summed E-state index contributed by atoms with van der Waals surface area (Å²) in [6.07, 6.45) is 13.1. The standard InChI is InChI=1S/C15H31NO2/c1-3-4-5-6-7-8-9-10-11-12-13-18-15(17)14-16-2/h16H,3-14H2,1-2H3. The number of nitrogens with one attached hydrogen (secondary N) is 1. The topological polar surface area (TPSA) is 38.3 Å². The Labute approximate surface area is 113 Å². The van der Waals surface area contributed by atoms with Crippen LogP contribution in [0.2, 0.25) is 0 Å². The molecule has 108 valence electrons. The van der Waals surface area contributed by atoms with Gasteiger partial charge in [0.2, 0.25) is 0 Å². The van der Waals surface area contributed by atoms with Crippen LogP contribution in [0.15, 0.2) is 0 Å². The molecule has 0 atom stereocenters. The second-order valence-electron chi connectivity index (χ2n) is 4.93. The SMILES string of the molecule is CCCCCCCCCCCCOC(=O)CNC. The summed E-state index contributed by atoms with van der Waals surface area (Å²) in [7, 11) is 1.75. The number of esters is 1. The van der Waals surface area contributed by atoms with Gasteiger partial charge >= 0.3 is 5.97 Å². The summed E-state index contributed by atoms with van der Waals surface area (Å²) in [6.45, 7) is 3.15. The van der Waals surface area contributed by atoms with Crippen LogP contribution in [0.4, 0.5) is 0 Å². The Hall–Kier alpha value is -0.570. The quantitative estimate of drug-likeness (QED) is 0.404. The minimum atomic E-state index is -0.145. The van der Waals surface area contributed by atoms with E-state index in [4.69, 9.17) is 4.74 Å². The minimum absolute atomic E-state index is 0.145. The van der Waals surface area contributed by atoms with Gasteiger partial charge in [-0.1, -0.05) is 64.7 Å². The molecular weight excluding hydrogens is 226 g/mol. The zero-order chi connectivity index (χ0) is 13.5. The molecule has 0 bridgehead atoms. The lowest BCUT2D eigenvalue weighted by atomic mass is 10.1. The predicted octanol–water partition coefficient (Wildman–Crippen LogP) is 3.67. The Morgan fingerprint density at radius 3 is 1.89 bits per heavy atom. The van der Waals surface area contributed by atoms with E-state index in [0.717, 1.165) is 6.42 Å². The molecule has 0 rings (SSSR count). The number of hydrogen-bond acceptors (Lipinski definition) is 3. The highest BCUT2D eigenvalue weighted by Gasteiger charge is 1.99. The molecule has 0 aromatic heterocycles. The summed E-state index contributed by atoms with van der Waals surface area (Å²) < 4.78 is 5.05. The second-order valence-corrected chi connectivity index (χ2v) is 4.93. The molecule has 0 aliphatic carbocycles. The third-order valence-electron chi connectivity index (χ3n) is 3.08. The number of carbonyl (C=O) groups is 1. The second kappa shape index (κ2) is 14.5. The Kier molecular flexibility index (Phi) is 14.0. The van der Waals surface area contributed by atoms with Crippen molar-refractivity contribution in [2.45, 2.75) is 71.1 Å². The van der Waals surface area contributed by atoms with Crippen LogP contribution < -0.4 is 5.32 Å². The average molecular weight is 257 g/mol. The van der Waals surface area contributed by atoms with E-state index < -0.39 is 0 Å². The molecule has 0 fully saturated rings. The van der Waals surface area contributed by atoms with Crippen LogP contribution in [0.25, 0.3) is 0 Å². The molecule has 0 saturated heterocycles. The maximum absolute atomic E-state index is 11.0. The number of rotatable bonds is 13. The molecule has 18 heavy (non-hydrogen) atoms. The van der Waals surface area contributed by atoms with Crippen molar-refractivity contribution in [1.82, 2.24) is 5.32 Å². The van der Waals surface area contributed by atoms with Gasteiger partial charge in [0.1, 0.15) is 0 Å². The van der Waals surface area contributed by atoms with Gasteiger partial charge in [0, 0.05) is 0 Å². The largest absolute Gasteiger partial charge is 0.465 e. The lowest BCUT2D eigenvalue weighted by Gasteiger charge is -2.04. The third kappa shape index (κ3) is 13.5. The van der Waals surface area contributed by atoms with E-state index in [0.29, 0.717) is 13.2 Å². The lowest BCUT2D eigenvalue weighted by Crippen LogP contribution is -2.21. The molecule has 0 aromatic carbocycles. The molecule has 0 aliphatic rings. The van der Waals surface area contributed by atoms with E-state index in [1.54, 1.807) is 7.05 Å². The Morgan fingerprint density at radius 2 is 1.39 bits per heavy atom. The van der Waals surface area contributed by atoms with Crippen molar-refractivity contribution < 1.29 is 9.53 Å². The van der Waals surface area contributed by atoms with Crippen molar-refractivity contribution in [2.75, 3.05) is 20.2 Å². The van der Waals surface area contributed by atoms with Crippen LogP contribution in [0.1, 0.15) is 71.1 Å². The average Bonchev–Trinajstić information content (AvgIpc) is 2.36. The van der Waals surface area contributed by atoms with Crippen molar-refractivity contribution in [3.05, 3.63) is 0 Å². The summed E-state index contributed by atoms with van der Waals surface area (Å²) in [6, 6.07) is 0. The molecular formula is C15H31NO2. The Morgan fingerprint density at radius 1 is 0.889 bits per heavy atom. The summed E-state index contributed by atoms with van der Waals surface area (Å²) in [5.41, 5.74) is 0. The zero-order valence-corrected chi connectivity index (χ0v) is 12.3. The lowest BCUT2D eigenvalue weighted by molar-refractivity contribution is -0.142. The van der Waals surface area contributed by atoms with Gasteiger partial charge in [0.05, 0.1) is 13.2 Å². The van der Waals surface area contributed by atoms with Crippen molar-refractivity contribution in [2.24, 2.45) is 0 Å². The number of unbranched alkanes of at least 4 members (excludes halogenated alkanes) is 9. The van der Waals surface area contributed by atoms with Gasteiger partial charge in [0.15, 0.2) is 0 Å². The van der Waals surface area contributed by atoms with E-state index >= 15 is 0 Å². The zero-order valence-electron chi connectivity index (χ0n) is 12.3. The summed E-state index contributed by atoms with van der Waals surface area (Å²) in [5, 5.41) is 2.78. The number of carbonyl (C=O) groups excluding carboxylic acids is 1. The monoisotopic (exact) mass is 257 g/mol. The van der Waals surface area contributed by atoms with Crippen LogP contribution in [0, 0.1) is 0 Å². The van der Waals surface area contributed by atoms with Crippen molar-refractivity contribution >= 4 is 5.97 Å². The van der Waals surface area contributed by atoms with E-state index in [1.165, 1.54) is 57.8 Å². The van der Waals surface area contributed by atoms with Crippen LogP contribution in [0.5, 0.6) is 0 Å². The van der Waals surface area contributed by atoms with Crippen LogP contribution in [-0.2, 0) is 9.53 Å². The fourth-order valence-corrected chi connectivity index (χ4v) is 1.97. The third-order valence-corrected chi connectivity index (χ3v) is 3.08. The molecule has 1 N–H and O–H groups in total. The molecule has 0 unspecified atom stereocenters. The van der Waals surface area contributed by atoms with Gasteiger partial charge < -0.3 is 10.1 Å². The number of hydrogen-bond donors (Lipinski definition) is 1. The van der Waals surface area contributed by atoms with E-state index in [-0.39, 0.29) is 5.97 Å². The van der Waals surface area contributed by atoms with Gasteiger partial charge in [-0.25, -0.2) is 0 Å². The fraction of sp³-hybridized carbons (Fsp3) is 0.933. The summed E-state index contributed by atoms with van der Waals surface area (Å²) >= 11 is 0. The first kappa shape index (κ1) is 17.4. The van der Waals surface area contributed by atoms with Gasteiger partial charge in [-0.2, -0.15) is 0 Å². The minimum Gasteiger partial charge on any atom is -0.465 e. The molecule has 0 heterocycles. The maximum Gasteiger partial charge on any atom is 0.319 e. The highest BCUT2D eigenvalue weighted by atomic mass is 16.5. The van der Waals surface area contributed by atoms with Gasteiger partial charge in [0.25, 0.3) is 0 Å². The molecule has 0 spiro atoms. The first-order chi connectivity index (χ1) is 8.81. The van der Waals surface area contributed by atoms with Crippen molar-refractivity contribution in [3.63, 3.8) is 0 Å². The molecule has 0 aromatic rings. The van der Waals surface area contributed by atoms with Gasteiger partial charge in [-0.05, 0) is 13.5 Å². The van der Waals surface area contributed by atoms with Crippen LogP contribution in [0.3, 0.4) is 0 Å². The summed E-state index contributed by atoms with van der Waals surface area (Å²) in [5.74, 6) is -0.145. The normalized spacial score (nSPS) is 10.6. The smallest absolute Gasteiger partial charge is 0.319 e. The van der Waals surface area contributed by atoms with Gasteiger partial charge in [-0.3, -0.25) is 4.79 Å².